The topological polar surface area (TPSA) is 43.8 Å². The molecule has 0 spiro atoms. The van der Waals surface area contributed by atoms with E-state index in [0.717, 1.165) is 0 Å². The molecule has 0 atom stereocenters. The molecule has 2 rings (SSSR count). The van der Waals surface area contributed by atoms with E-state index >= 15 is 0 Å². The summed E-state index contributed by atoms with van der Waals surface area (Å²) in [5, 5.41) is 4.43. The maximum absolute atomic E-state index is 12.9. The Balaban J connectivity index is 2.64. The molecule has 1 aromatic carbocycles. The number of benzene rings is 1. The molecular formula is C11H11ClFN3. The molecule has 3 nitrogen and oxygen atoms in total. The standard InChI is InChI=1S/C11H11ClFN3/c1-16-11(14)9(6-15-16)7-3-2-4-10(12)8(7)5-13/h2-4,6H,5,14H2,1H3. The number of hydrogen-bond donors (Lipinski definition) is 1. The van der Waals surface area contributed by atoms with E-state index in [0.29, 0.717) is 27.5 Å². The quantitative estimate of drug-likeness (QED) is 0.876. The number of nitrogen functional groups attached to an aromatic ring is 1. The Morgan fingerprint density at radius 3 is 2.75 bits per heavy atom. The minimum atomic E-state index is -0.622. The molecule has 0 saturated carbocycles. The zero-order valence-corrected chi connectivity index (χ0v) is 9.50. The molecule has 0 fully saturated rings. The number of nitrogens with two attached hydrogens (primary N) is 1. The van der Waals surface area contributed by atoms with Gasteiger partial charge < -0.3 is 5.73 Å². The molecule has 2 N–H and O–H groups in total. The number of halogens is 2. The van der Waals surface area contributed by atoms with Crippen molar-refractivity contribution in [1.82, 2.24) is 9.78 Å². The molecule has 84 valence electrons. The largest absolute Gasteiger partial charge is 0.383 e. The molecule has 16 heavy (non-hydrogen) atoms. The third kappa shape index (κ3) is 1.65. The maximum Gasteiger partial charge on any atom is 0.129 e. The molecule has 0 bridgehead atoms. The molecular weight excluding hydrogens is 229 g/mol. The van der Waals surface area contributed by atoms with E-state index < -0.39 is 6.67 Å². The van der Waals surface area contributed by atoms with E-state index in [-0.39, 0.29) is 0 Å². The van der Waals surface area contributed by atoms with Crippen LogP contribution in [-0.4, -0.2) is 9.78 Å². The summed E-state index contributed by atoms with van der Waals surface area (Å²) in [4.78, 5) is 0. The van der Waals surface area contributed by atoms with Crippen molar-refractivity contribution >= 4 is 17.4 Å². The zero-order valence-electron chi connectivity index (χ0n) is 8.74. The van der Waals surface area contributed by atoms with Crippen LogP contribution in [0.15, 0.2) is 24.4 Å². The van der Waals surface area contributed by atoms with E-state index in [4.69, 9.17) is 17.3 Å². The van der Waals surface area contributed by atoms with Gasteiger partial charge in [0.15, 0.2) is 0 Å². The predicted molar refractivity (Wildman–Crippen MR) is 62.9 cm³/mol. The van der Waals surface area contributed by atoms with Crippen LogP contribution in [0.2, 0.25) is 5.02 Å². The van der Waals surface area contributed by atoms with Crippen molar-refractivity contribution in [1.29, 1.82) is 0 Å². The highest BCUT2D eigenvalue weighted by Crippen LogP contribution is 2.32. The minimum absolute atomic E-state index is 0.406. The summed E-state index contributed by atoms with van der Waals surface area (Å²) in [7, 11) is 1.73. The first-order valence-corrected chi connectivity index (χ1v) is 5.14. The van der Waals surface area contributed by atoms with Crippen LogP contribution >= 0.6 is 11.6 Å². The third-order valence-electron chi connectivity index (χ3n) is 2.53. The van der Waals surface area contributed by atoms with Gasteiger partial charge in [0.2, 0.25) is 0 Å². The molecule has 0 aliphatic carbocycles. The second-order valence-electron chi connectivity index (χ2n) is 3.47. The van der Waals surface area contributed by atoms with Crippen molar-refractivity contribution in [2.24, 2.45) is 7.05 Å². The number of aryl methyl sites for hydroxylation is 1. The highest BCUT2D eigenvalue weighted by molar-refractivity contribution is 6.31. The lowest BCUT2D eigenvalue weighted by atomic mass is 10.0. The van der Waals surface area contributed by atoms with Crippen LogP contribution in [0.3, 0.4) is 0 Å². The fraction of sp³-hybridized carbons (Fsp3) is 0.182. The van der Waals surface area contributed by atoms with Crippen molar-refractivity contribution in [2.75, 3.05) is 5.73 Å². The second-order valence-corrected chi connectivity index (χ2v) is 3.87. The molecule has 2 aromatic rings. The Hall–Kier alpha value is -1.55. The van der Waals surface area contributed by atoms with Crippen LogP contribution in [0.5, 0.6) is 0 Å². The fourth-order valence-corrected chi connectivity index (χ4v) is 1.83. The van der Waals surface area contributed by atoms with E-state index in [1.165, 1.54) is 4.68 Å². The van der Waals surface area contributed by atoms with Gasteiger partial charge in [0.25, 0.3) is 0 Å². The van der Waals surface area contributed by atoms with Gasteiger partial charge in [-0.2, -0.15) is 5.10 Å². The van der Waals surface area contributed by atoms with Gasteiger partial charge in [-0.05, 0) is 11.6 Å². The first-order valence-electron chi connectivity index (χ1n) is 4.76. The molecule has 0 aliphatic heterocycles. The average molecular weight is 240 g/mol. The Labute approximate surface area is 97.6 Å². The zero-order chi connectivity index (χ0) is 11.7. The predicted octanol–water partition coefficient (Wildman–Crippen LogP) is 2.79. The molecule has 0 unspecified atom stereocenters. The van der Waals surface area contributed by atoms with Gasteiger partial charge in [-0.25, -0.2) is 4.39 Å². The highest BCUT2D eigenvalue weighted by Gasteiger charge is 2.13. The van der Waals surface area contributed by atoms with Crippen LogP contribution in [0.1, 0.15) is 5.56 Å². The van der Waals surface area contributed by atoms with Crippen molar-refractivity contribution in [2.45, 2.75) is 6.67 Å². The van der Waals surface area contributed by atoms with Crippen molar-refractivity contribution in [3.05, 3.63) is 35.0 Å². The Morgan fingerprint density at radius 1 is 1.44 bits per heavy atom. The lowest BCUT2D eigenvalue weighted by Crippen LogP contribution is -1.99. The van der Waals surface area contributed by atoms with E-state index in [1.54, 1.807) is 31.4 Å². The Bertz CT molecular complexity index is 522. The minimum Gasteiger partial charge on any atom is -0.383 e. The molecule has 0 aliphatic rings. The van der Waals surface area contributed by atoms with Gasteiger partial charge in [-0.15, -0.1) is 0 Å². The van der Waals surface area contributed by atoms with E-state index in [2.05, 4.69) is 5.10 Å². The molecule has 0 amide bonds. The SMILES string of the molecule is Cn1ncc(-c2cccc(Cl)c2CF)c1N. The fourth-order valence-electron chi connectivity index (χ4n) is 1.60. The summed E-state index contributed by atoms with van der Waals surface area (Å²) in [5.41, 5.74) is 7.69. The van der Waals surface area contributed by atoms with Crippen molar-refractivity contribution in [3.63, 3.8) is 0 Å². The average Bonchev–Trinajstić information content (AvgIpc) is 2.59. The number of nitrogens with zero attached hydrogens (tertiary/aromatic N) is 2. The number of alkyl halides is 1. The molecule has 5 heteroatoms. The van der Waals surface area contributed by atoms with Gasteiger partial charge >= 0.3 is 0 Å². The Morgan fingerprint density at radius 2 is 2.19 bits per heavy atom. The van der Waals surface area contributed by atoms with Crippen LogP contribution in [0, 0.1) is 0 Å². The van der Waals surface area contributed by atoms with E-state index in [1.807, 2.05) is 0 Å². The summed E-state index contributed by atoms with van der Waals surface area (Å²) in [6, 6.07) is 5.21. The molecule has 1 aromatic heterocycles. The van der Waals surface area contributed by atoms with Gasteiger partial charge in [0.05, 0.1) is 6.20 Å². The molecule has 0 saturated heterocycles. The van der Waals surface area contributed by atoms with E-state index in [9.17, 15) is 4.39 Å². The monoisotopic (exact) mass is 239 g/mol. The van der Waals surface area contributed by atoms with Crippen LogP contribution in [0.4, 0.5) is 10.2 Å². The summed E-state index contributed by atoms with van der Waals surface area (Å²) in [6.45, 7) is -0.622. The maximum atomic E-state index is 12.9. The molecule has 1 heterocycles. The summed E-state index contributed by atoms with van der Waals surface area (Å²) < 4.78 is 14.5. The van der Waals surface area contributed by atoms with Crippen molar-refractivity contribution in [3.8, 4) is 11.1 Å². The summed E-state index contributed by atoms with van der Waals surface area (Å²) in [5.74, 6) is 0.497. The van der Waals surface area contributed by atoms with Gasteiger partial charge in [-0.1, -0.05) is 23.7 Å². The Kier molecular flexibility index (Phi) is 2.83. The number of rotatable bonds is 2. The second kappa shape index (κ2) is 4.14. The molecule has 0 radical (unpaired) electrons. The van der Waals surface area contributed by atoms with Gasteiger partial charge in [0.1, 0.15) is 12.5 Å². The number of anilines is 1. The van der Waals surface area contributed by atoms with Crippen LogP contribution < -0.4 is 5.73 Å². The van der Waals surface area contributed by atoms with Gasteiger partial charge in [-0.3, -0.25) is 4.68 Å². The van der Waals surface area contributed by atoms with Crippen LogP contribution in [-0.2, 0) is 13.7 Å². The van der Waals surface area contributed by atoms with Crippen LogP contribution in [0.25, 0.3) is 11.1 Å². The smallest absolute Gasteiger partial charge is 0.129 e. The first-order chi connectivity index (χ1) is 7.65. The third-order valence-corrected chi connectivity index (χ3v) is 2.88. The lowest BCUT2D eigenvalue weighted by Gasteiger charge is -2.07. The van der Waals surface area contributed by atoms with Gasteiger partial charge in [0, 0.05) is 23.2 Å². The number of hydrogen-bond acceptors (Lipinski definition) is 2. The highest BCUT2D eigenvalue weighted by atomic mass is 35.5. The normalized spacial score (nSPS) is 10.7. The lowest BCUT2D eigenvalue weighted by molar-refractivity contribution is 0.486. The summed E-state index contributed by atoms with van der Waals surface area (Å²) >= 11 is 5.93. The first kappa shape index (κ1) is 11.0. The number of aromatic nitrogens is 2. The van der Waals surface area contributed by atoms with Crippen molar-refractivity contribution < 1.29 is 4.39 Å². The summed E-state index contributed by atoms with van der Waals surface area (Å²) in [6.07, 6.45) is 1.61.